The number of rotatable bonds is 2. The summed E-state index contributed by atoms with van der Waals surface area (Å²) in [5.41, 5.74) is -0.525. The summed E-state index contributed by atoms with van der Waals surface area (Å²) in [6.45, 7) is 0.647. The molecule has 1 aromatic carbocycles. The lowest BCUT2D eigenvalue weighted by molar-refractivity contribution is -0.137. The Morgan fingerprint density at radius 3 is 2.56 bits per heavy atom. The van der Waals surface area contributed by atoms with Crippen LogP contribution < -0.4 is 5.32 Å². The molecule has 1 N–H and O–H groups in total. The van der Waals surface area contributed by atoms with Gasteiger partial charge in [0.05, 0.1) is 11.1 Å². The van der Waals surface area contributed by atoms with Gasteiger partial charge in [-0.2, -0.15) is 18.4 Å². The third kappa shape index (κ3) is 3.80. The second kappa shape index (κ2) is 6.09. The van der Waals surface area contributed by atoms with E-state index in [1.165, 1.54) is 0 Å². The van der Waals surface area contributed by atoms with Gasteiger partial charge in [-0.15, -0.1) is 0 Å². The molecule has 0 aliphatic heterocycles. The lowest BCUT2D eigenvalue weighted by Crippen LogP contribution is -2.06. The molecule has 0 aliphatic carbocycles. The number of hydrogen-bond donors (Lipinski definition) is 1. The zero-order valence-corrected chi connectivity index (χ0v) is 9.73. The maximum absolute atomic E-state index is 12.5. The standard InChI is InChI=1S/C13H11F3N2/c1-18-7-3-2-4-10-8-12(13(14,15)16)6-5-11(10)9-17/h5-6,8,18H,3,7H2,1H3. The highest BCUT2D eigenvalue weighted by molar-refractivity contribution is 5.50. The van der Waals surface area contributed by atoms with Crippen LogP contribution in [0.25, 0.3) is 0 Å². The minimum atomic E-state index is -4.42. The smallest absolute Gasteiger partial charge is 0.319 e. The molecule has 94 valence electrons. The Morgan fingerprint density at radius 2 is 2.00 bits per heavy atom. The highest BCUT2D eigenvalue weighted by Crippen LogP contribution is 2.30. The van der Waals surface area contributed by atoms with E-state index in [0.29, 0.717) is 13.0 Å². The first kappa shape index (κ1) is 14.1. The van der Waals surface area contributed by atoms with Crippen LogP contribution in [0.5, 0.6) is 0 Å². The van der Waals surface area contributed by atoms with Gasteiger partial charge in [0.25, 0.3) is 0 Å². The molecule has 0 radical (unpaired) electrons. The molecule has 0 heterocycles. The second-order valence-electron chi connectivity index (χ2n) is 3.53. The van der Waals surface area contributed by atoms with Crippen LogP contribution in [-0.2, 0) is 6.18 Å². The molecule has 0 atom stereocenters. The molecule has 1 rings (SSSR count). The summed E-state index contributed by atoms with van der Waals surface area (Å²) in [6.07, 6.45) is -3.91. The Bertz CT molecular complexity index is 516. The fraction of sp³-hybridized carbons (Fsp3) is 0.308. The summed E-state index contributed by atoms with van der Waals surface area (Å²) in [4.78, 5) is 0. The Morgan fingerprint density at radius 1 is 1.28 bits per heavy atom. The Hall–Kier alpha value is -1.98. The number of nitrogens with one attached hydrogen (secondary N) is 1. The summed E-state index contributed by atoms with van der Waals surface area (Å²) in [5, 5.41) is 11.7. The maximum Gasteiger partial charge on any atom is 0.416 e. The number of hydrogen-bond acceptors (Lipinski definition) is 2. The summed E-state index contributed by atoms with van der Waals surface area (Å²) < 4.78 is 37.5. The van der Waals surface area contributed by atoms with E-state index in [1.807, 2.05) is 6.07 Å². The van der Waals surface area contributed by atoms with Crippen LogP contribution in [0.1, 0.15) is 23.1 Å². The monoisotopic (exact) mass is 252 g/mol. The fourth-order valence-corrected chi connectivity index (χ4v) is 1.27. The van der Waals surface area contributed by atoms with Gasteiger partial charge in [-0.25, -0.2) is 0 Å². The van der Waals surface area contributed by atoms with E-state index in [-0.39, 0.29) is 11.1 Å². The van der Waals surface area contributed by atoms with E-state index in [0.717, 1.165) is 18.2 Å². The van der Waals surface area contributed by atoms with Gasteiger partial charge in [0, 0.05) is 18.5 Å². The van der Waals surface area contributed by atoms with Crippen molar-refractivity contribution < 1.29 is 13.2 Å². The normalized spacial score (nSPS) is 10.4. The molecule has 0 unspecified atom stereocenters. The molecule has 18 heavy (non-hydrogen) atoms. The predicted octanol–water partition coefficient (Wildman–Crippen LogP) is 2.54. The van der Waals surface area contributed by atoms with E-state index in [2.05, 4.69) is 17.2 Å². The number of halogens is 3. The Balaban J connectivity index is 3.07. The molecule has 2 nitrogen and oxygen atoms in total. The zero-order chi connectivity index (χ0) is 13.6. The van der Waals surface area contributed by atoms with Crippen molar-refractivity contribution in [2.24, 2.45) is 0 Å². The van der Waals surface area contributed by atoms with Crippen LogP contribution in [0.3, 0.4) is 0 Å². The van der Waals surface area contributed by atoms with E-state index in [4.69, 9.17) is 5.26 Å². The first-order chi connectivity index (χ1) is 8.49. The maximum atomic E-state index is 12.5. The molecule has 0 aromatic heterocycles. The molecule has 1 aromatic rings. The summed E-state index contributed by atoms with van der Waals surface area (Å²) in [5.74, 6) is 5.32. The summed E-state index contributed by atoms with van der Waals surface area (Å²) >= 11 is 0. The van der Waals surface area contributed by atoms with E-state index in [9.17, 15) is 13.2 Å². The highest BCUT2D eigenvalue weighted by atomic mass is 19.4. The van der Waals surface area contributed by atoms with Crippen molar-refractivity contribution in [3.8, 4) is 17.9 Å². The quantitative estimate of drug-likeness (QED) is 0.648. The van der Waals surface area contributed by atoms with Crippen LogP contribution in [0, 0.1) is 23.2 Å². The topological polar surface area (TPSA) is 35.8 Å². The molecule has 0 fully saturated rings. The summed E-state index contributed by atoms with van der Waals surface area (Å²) in [6, 6.07) is 4.77. The van der Waals surface area contributed by atoms with Crippen molar-refractivity contribution in [1.29, 1.82) is 5.26 Å². The molecule has 0 amide bonds. The molecular weight excluding hydrogens is 241 g/mol. The zero-order valence-electron chi connectivity index (χ0n) is 9.73. The molecule has 0 bridgehead atoms. The number of benzene rings is 1. The minimum absolute atomic E-state index is 0.114. The average Bonchev–Trinajstić information content (AvgIpc) is 2.33. The SMILES string of the molecule is CNCCC#Cc1cc(C(F)(F)F)ccc1C#N. The third-order valence-electron chi connectivity index (χ3n) is 2.19. The summed E-state index contributed by atoms with van der Waals surface area (Å²) in [7, 11) is 1.76. The van der Waals surface area contributed by atoms with Gasteiger partial charge in [-0.05, 0) is 25.2 Å². The fourth-order valence-electron chi connectivity index (χ4n) is 1.27. The van der Waals surface area contributed by atoms with E-state index >= 15 is 0 Å². The van der Waals surface area contributed by atoms with Gasteiger partial charge in [0.1, 0.15) is 6.07 Å². The molecule has 5 heteroatoms. The first-order valence-corrected chi connectivity index (χ1v) is 5.24. The largest absolute Gasteiger partial charge is 0.416 e. The molecule has 0 saturated carbocycles. The third-order valence-corrected chi connectivity index (χ3v) is 2.19. The van der Waals surface area contributed by atoms with Gasteiger partial charge >= 0.3 is 6.18 Å². The van der Waals surface area contributed by atoms with Crippen molar-refractivity contribution in [1.82, 2.24) is 5.32 Å². The van der Waals surface area contributed by atoms with Gasteiger partial charge < -0.3 is 5.32 Å². The van der Waals surface area contributed by atoms with Gasteiger partial charge in [-0.1, -0.05) is 11.8 Å². The molecule has 0 spiro atoms. The van der Waals surface area contributed by atoms with Crippen LogP contribution >= 0.6 is 0 Å². The Kier molecular flexibility index (Phi) is 4.76. The van der Waals surface area contributed by atoms with Crippen molar-refractivity contribution in [3.05, 3.63) is 34.9 Å². The van der Waals surface area contributed by atoms with Crippen molar-refractivity contribution >= 4 is 0 Å². The second-order valence-corrected chi connectivity index (χ2v) is 3.53. The van der Waals surface area contributed by atoms with Crippen molar-refractivity contribution in [3.63, 3.8) is 0 Å². The van der Waals surface area contributed by atoms with Crippen LogP contribution in [0.4, 0.5) is 13.2 Å². The van der Waals surface area contributed by atoms with E-state index < -0.39 is 11.7 Å². The minimum Gasteiger partial charge on any atom is -0.319 e. The van der Waals surface area contributed by atoms with E-state index in [1.54, 1.807) is 7.05 Å². The van der Waals surface area contributed by atoms with Gasteiger partial charge in [0.2, 0.25) is 0 Å². The van der Waals surface area contributed by atoms with Crippen LogP contribution in [-0.4, -0.2) is 13.6 Å². The lowest BCUT2D eigenvalue weighted by Gasteiger charge is -2.07. The molecule has 0 saturated heterocycles. The number of nitrogens with zero attached hydrogens (tertiary/aromatic N) is 1. The van der Waals surface area contributed by atoms with Crippen molar-refractivity contribution in [2.45, 2.75) is 12.6 Å². The predicted molar refractivity (Wildman–Crippen MR) is 61.6 cm³/mol. The number of nitriles is 1. The van der Waals surface area contributed by atoms with Crippen LogP contribution in [0.15, 0.2) is 18.2 Å². The van der Waals surface area contributed by atoms with Gasteiger partial charge in [0.15, 0.2) is 0 Å². The average molecular weight is 252 g/mol. The first-order valence-electron chi connectivity index (χ1n) is 5.24. The Labute approximate surface area is 103 Å². The molecule has 0 aliphatic rings. The van der Waals surface area contributed by atoms with Gasteiger partial charge in [-0.3, -0.25) is 0 Å². The highest BCUT2D eigenvalue weighted by Gasteiger charge is 2.30. The lowest BCUT2D eigenvalue weighted by atomic mass is 10.0. The van der Waals surface area contributed by atoms with Crippen molar-refractivity contribution in [2.75, 3.05) is 13.6 Å². The van der Waals surface area contributed by atoms with Crippen LogP contribution in [0.2, 0.25) is 0 Å². The number of alkyl halides is 3. The molecular formula is C13H11F3N2.